The smallest absolute Gasteiger partial charge is 0.179 e. The van der Waals surface area contributed by atoms with E-state index in [-0.39, 0.29) is 13.2 Å². The lowest BCUT2D eigenvalue weighted by Gasteiger charge is -2.17. The van der Waals surface area contributed by atoms with Crippen molar-refractivity contribution in [1.29, 1.82) is 0 Å². The van der Waals surface area contributed by atoms with Crippen molar-refractivity contribution in [3.63, 3.8) is 0 Å². The van der Waals surface area contributed by atoms with E-state index in [9.17, 15) is 5.11 Å². The van der Waals surface area contributed by atoms with Crippen LogP contribution in [0.4, 0.5) is 0 Å². The fourth-order valence-electron chi connectivity index (χ4n) is 1.76. The average Bonchev–Trinajstić information content (AvgIpc) is 2.43. The molecule has 1 unspecified atom stereocenters. The van der Waals surface area contributed by atoms with Crippen LogP contribution in [0.3, 0.4) is 0 Å². The summed E-state index contributed by atoms with van der Waals surface area (Å²) in [5.74, 6) is 0.982. The SMILES string of the molecule is COCC(O)COc1c(Cl)cc(CNC(C)C)cc1OC. The zero-order valence-corrected chi connectivity index (χ0v) is 13.7. The lowest BCUT2D eigenvalue weighted by atomic mass is 10.2. The van der Waals surface area contributed by atoms with E-state index in [0.29, 0.717) is 29.1 Å². The molecule has 1 aromatic carbocycles. The maximum absolute atomic E-state index is 9.62. The Balaban J connectivity index is 2.79. The van der Waals surface area contributed by atoms with Crippen molar-refractivity contribution in [3.8, 4) is 11.5 Å². The molecular weight excluding hydrogens is 294 g/mol. The summed E-state index contributed by atoms with van der Waals surface area (Å²) in [5, 5.41) is 13.4. The number of nitrogens with one attached hydrogen (secondary N) is 1. The van der Waals surface area contributed by atoms with Gasteiger partial charge in [-0.15, -0.1) is 0 Å². The number of aliphatic hydroxyl groups is 1. The molecule has 0 bridgehead atoms. The largest absolute Gasteiger partial charge is 0.493 e. The van der Waals surface area contributed by atoms with E-state index in [4.69, 9.17) is 25.8 Å². The van der Waals surface area contributed by atoms with Crippen LogP contribution in [-0.2, 0) is 11.3 Å². The number of methoxy groups -OCH3 is 2. The maximum atomic E-state index is 9.62. The Morgan fingerprint density at radius 1 is 1.24 bits per heavy atom. The molecule has 21 heavy (non-hydrogen) atoms. The molecule has 1 atom stereocenters. The van der Waals surface area contributed by atoms with Crippen molar-refractivity contribution in [1.82, 2.24) is 5.32 Å². The third kappa shape index (κ3) is 6.09. The quantitative estimate of drug-likeness (QED) is 0.731. The summed E-state index contributed by atoms with van der Waals surface area (Å²) in [6.45, 7) is 5.14. The number of aliphatic hydroxyl groups excluding tert-OH is 1. The molecule has 0 spiro atoms. The van der Waals surface area contributed by atoms with Crippen molar-refractivity contribution in [3.05, 3.63) is 22.7 Å². The zero-order chi connectivity index (χ0) is 15.8. The summed E-state index contributed by atoms with van der Waals surface area (Å²) in [6.07, 6.45) is -0.710. The highest BCUT2D eigenvalue weighted by Crippen LogP contribution is 2.36. The monoisotopic (exact) mass is 317 g/mol. The van der Waals surface area contributed by atoms with Gasteiger partial charge in [0, 0.05) is 19.7 Å². The van der Waals surface area contributed by atoms with Crippen molar-refractivity contribution >= 4 is 11.6 Å². The van der Waals surface area contributed by atoms with Crippen LogP contribution in [0, 0.1) is 0 Å². The van der Waals surface area contributed by atoms with E-state index in [0.717, 1.165) is 5.56 Å². The van der Waals surface area contributed by atoms with Crippen molar-refractivity contribution in [2.75, 3.05) is 27.4 Å². The molecule has 6 heteroatoms. The topological polar surface area (TPSA) is 60.0 Å². The van der Waals surface area contributed by atoms with Gasteiger partial charge in [0.15, 0.2) is 11.5 Å². The molecule has 0 fully saturated rings. The van der Waals surface area contributed by atoms with Gasteiger partial charge in [-0.25, -0.2) is 0 Å². The molecule has 0 radical (unpaired) electrons. The van der Waals surface area contributed by atoms with Crippen LogP contribution in [0.1, 0.15) is 19.4 Å². The third-order valence-electron chi connectivity index (χ3n) is 2.78. The van der Waals surface area contributed by atoms with Gasteiger partial charge in [-0.05, 0) is 17.7 Å². The summed E-state index contributed by atoms with van der Waals surface area (Å²) in [6, 6.07) is 4.09. The third-order valence-corrected chi connectivity index (χ3v) is 3.06. The number of benzene rings is 1. The van der Waals surface area contributed by atoms with Gasteiger partial charge in [0.25, 0.3) is 0 Å². The fourth-order valence-corrected chi connectivity index (χ4v) is 2.05. The summed E-state index contributed by atoms with van der Waals surface area (Å²) in [4.78, 5) is 0. The first-order valence-electron chi connectivity index (χ1n) is 6.87. The van der Waals surface area contributed by atoms with Crippen molar-refractivity contribution in [2.24, 2.45) is 0 Å². The van der Waals surface area contributed by atoms with Crippen LogP contribution in [0.25, 0.3) is 0 Å². The highest BCUT2D eigenvalue weighted by atomic mass is 35.5. The number of ether oxygens (including phenoxy) is 3. The molecule has 1 aromatic rings. The van der Waals surface area contributed by atoms with Crippen LogP contribution >= 0.6 is 11.6 Å². The number of rotatable bonds is 9. The molecule has 5 nitrogen and oxygen atoms in total. The highest BCUT2D eigenvalue weighted by molar-refractivity contribution is 6.32. The lowest BCUT2D eigenvalue weighted by molar-refractivity contribution is 0.0319. The van der Waals surface area contributed by atoms with E-state index in [1.807, 2.05) is 12.1 Å². The molecule has 0 saturated heterocycles. The minimum absolute atomic E-state index is 0.0908. The van der Waals surface area contributed by atoms with Crippen LogP contribution in [0.5, 0.6) is 11.5 Å². The minimum atomic E-state index is -0.710. The van der Waals surface area contributed by atoms with Gasteiger partial charge in [0.05, 0.1) is 18.7 Å². The molecule has 0 aromatic heterocycles. The predicted octanol–water partition coefficient (Wildman–Crippen LogP) is 2.23. The first-order chi connectivity index (χ1) is 9.97. The zero-order valence-electron chi connectivity index (χ0n) is 13.0. The van der Waals surface area contributed by atoms with Crippen LogP contribution in [0.15, 0.2) is 12.1 Å². The molecule has 1 rings (SSSR count). The second kappa shape index (κ2) is 9.10. The molecular formula is C15H24ClNO4. The molecule has 0 saturated carbocycles. The van der Waals surface area contributed by atoms with Gasteiger partial charge >= 0.3 is 0 Å². The van der Waals surface area contributed by atoms with Gasteiger partial charge in [0.2, 0.25) is 0 Å². The number of hydrogen-bond donors (Lipinski definition) is 2. The van der Waals surface area contributed by atoms with Crippen LogP contribution in [0.2, 0.25) is 5.02 Å². The summed E-state index contributed by atoms with van der Waals surface area (Å²) >= 11 is 6.24. The molecule has 0 amide bonds. The Labute approximate surface area is 131 Å². The molecule has 0 aliphatic rings. The first-order valence-corrected chi connectivity index (χ1v) is 7.25. The maximum Gasteiger partial charge on any atom is 0.179 e. The average molecular weight is 318 g/mol. The highest BCUT2D eigenvalue weighted by Gasteiger charge is 2.14. The first kappa shape index (κ1) is 18.0. The minimum Gasteiger partial charge on any atom is -0.493 e. The molecule has 0 aliphatic heterocycles. The van der Waals surface area contributed by atoms with E-state index >= 15 is 0 Å². The molecule has 2 N–H and O–H groups in total. The Bertz CT molecular complexity index is 440. The van der Waals surface area contributed by atoms with Crippen LogP contribution in [-0.4, -0.2) is 44.7 Å². The van der Waals surface area contributed by atoms with Gasteiger partial charge in [-0.3, -0.25) is 0 Å². The number of halogens is 1. The molecule has 0 aliphatic carbocycles. The van der Waals surface area contributed by atoms with E-state index in [1.165, 1.54) is 7.11 Å². The summed E-state index contributed by atoms with van der Waals surface area (Å²) in [7, 11) is 3.08. The second-order valence-electron chi connectivity index (χ2n) is 5.06. The summed E-state index contributed by atoms with van der Waals surface area (Å²) < 4.78 is 15.7. The fraction of sp³-hybridized carbons (Fsp3) is 0.600. The van der Waals surface area contributed by atoms with Crippen molar-refractivity contribution < 1.29 is 19.3 Å². The lowest BCUT2D eigenvalue weighted by Crippen LogP contribution is -2.23. The Morgan fingerprint density at radius 2 is 1.95 bits per heavy atom. The number of hydrogen-bond acceptors (Lipinski definition) is 5. The summed E-state index contributed by atoms with van der Waals surface area (Å²) in [5.41, 5.74) is 1.01. The van der Waals surface area contributed by atoms with E-state index < -0.39 is 6.10 Å². The van der Waals surface area contributed by atoms with E-state index in [2.05, 4.69) is 19.2 Å². The van der Waals surface area contributed by atoms with Gasteiger partial charge < -0.3 is 24.6 Å². The van der Waals surface area contributed by atoms with E-state index in [1.54, 1.807) is 7.11 Å². The second-order valence-corrected chi connectivity index (χ2v) is 5.47. The predicted molar refractivity (Wildman–Crippen MR) is 83.4 cm³/mol. The molecule has 0 heterocycles. The van der Waals surface area contributed by atoms with Crippen molar-refractivity contribution in [2.45, 2.75) is 32.5 Å². The van der Waals surface area contributed by atoms with Gasteiger partial charge in [-0.2, -0.15) is 0 Å². The standard InChI is InChI=1S/C15H24ClNO4/c1-10(2)17-7-11-5-13(16)15(14(6-11)20-4)21-9-12(18)8-19-3/h5-6,10,12,17-18H,7-9H2,1-4H3. The Hall–Kier alpha value is -1.01. The molecule has 120 valence electrons. The van der Waals surface area contributed by atoms with Crippen LogP contribution < -0.4 is 14.8 Å². The Morgan fingerprint density at radius 3 is 2.52 bits per heavy atom. The normalized spacial score (nSPS) is 12.5. The van der Waals surface area contributed by atoms with Gasteiger partial charge in [-0.1, -0.05) is 25.4 Å². The Kier molecular flexibility index (Phi) is 7.82. The van der Waals surface area contributed by atoms with Gasteiger partial charge in [0.1, 0.15) is 12.7 Å².